The topological polar surface area (TPSA) is 29.5 Å². The molecule has 0 saturated carbocycles. The van der Waals surface area contributed by atoms with E-state index < -0.39 is 6.10 Å². The van der Waals surface area contributed by atoms with Gasteiger partial charge < -0.3 is 9.84 Å². The fourth-order valence-electron chi connectivity index (χ4n) is 1.77. The highest BCUT2D eigenvalue weighted by Crippen LogP contribution is 2.29. The highest BCUT2D eigenvalue weighted by atomic mass is 35.5. The Morgan fingerprint density at radius 3 is 2.45 bits per heavy atom. The van der Waals surface area contributed by atoms with E-state index in [1.54, 1.807) is 37.3 Å². The summed E-state index contributed by atoms with van der Waals surface area (Å²) < 4.78 is 5.71. The maximum Gasteiger partial charge on any atom is 0.125 e. The predicted octanol–water partition coefficient (Wildman–Crippen LogP) is 5.28. The average Bonchev–Trinajstić information content (AvgIpc) is 2.41. The number of benzene rings is 2. The minimum atomic E-state index is -0.655. The van der Waals surface area contributed by atoms with Crippen LogP contribution in [0, 0.1) is 0 Å². The summed E-state index contributed by atoms with van der Waals surface area (Å²) in [7, 11) is 0. The van der Waals surface area contributed by atoms with Crippen LogP contribution in [-0.2, 0) is 6.61 Å². The van der Waals surface area contributed by atoms with Crippen molar-refractivity contribution in [3.05, 3.63) is 62.6 Å². The first kappa shape index (κ1) is 15.5. The van der Waals surface area contributed by atoms with Crippen LogP contribution in [0.25, 0.3) is 0 Å². The second kappa shape index (κ2) is 6.68. The molecule has 5 heteroatoms. The van der Waals surface area contributed by atoms with Gasteiger partial charge in [0.05, 0.1) is 16.1 Å². The van der Waals surface area contributed by atoms with E-state index in [4.69, 9.17) is 39.5 Å². The minimum Gasteiger partial charge on any atom is -0.489 e. The second-order valence-electron chi connectivity index (χ2n) is 4.40. The fourth-order valence-corrected chi connectivity index (χ4v) is 2.27. The van der Waals surface area contributed by atoms with E-state index in [1.165, 1.54) is 0 Å². The Labute approximate surface area is 132 Å². The molecule has 0 fully saturated rings. The molecule has 20 heavy (non-hydrogen) atoms. The van der Waals surface area contributed by atoms with Crippen LogP contribution in [0.3, 0.4) is 0 Å². The SMILES string of the molecule is C[C@H](O)c1cc(Cl)ccc1OCc1ccc(Cl)c(Cl)c1. The van der Waals surface area contributed by atoms with Gasteiger partial charge in [0.1, 0.15) is 12.4 Å². The van der Waals surface area contributed by atoms with Crippen molar-refractivity contribution in [2.24, 2.45) is 0 Å². The van der Waals surface area contributed by atoms with E-state index in [9.17, 15) is 5.11 Å². The third-order valence-electron chi connectivity index (χ3n) is 2.80. The molecule has 0 aliphatic carbocycles. The number of rotatable bonds is 4. The fraction of sp³-hybridized carbons (Fsp3) is 0.200. The minimum absolute atomic E-state index is 0.332. The zero-order valence-corrected chi connectivity index (χ0v) is 13.0. The van der Waals surface area contributed by atoms with Crippen molar-refractivity contribution >= 4 is 34.8 Å². The molecule has 0 aliphatic heterocycles. The van der Waals surface area contributed by atoms with E-state index in [1.807, 2.05) is 6.07 Å². The van der Waals surface area contributed by atoms with E-state index in [0.29, 0.717) is 33.0 Å². The lowest BCUT2D eigenvalue weighted by Gasteiger charge is -2.14. The van der Waals surface area contributed by atoms with Gasteiger partial charge in [-0.1, -0.05) is 40.9 Å². The van der Waals surface area contributed by atoms with E-state index in [2.05, 4.69) is 0 Å². The summed E-state index contributed by atoms with van der Waals surface area (Å²) in [5.74, 6) is 0.593. The van der Waals surface area contributed by atoms with Gasteiger partial charge in [-0.3, -0.25) is 0 Å². The van der Waals surface area contributed by atoms with E-state index in [0.717, 1.165) is 5.56 Å². The molecule has 0 aliphatic rings. The third-order valence-corrected chi connectivity index (χ3v) is 3.77. The van der Waals surface area contributed by atoms with Gasteiger partial charge in [-0.25, -0.2) is 0 Å². The average molecular weight is 332 g/mol. The largest absolute Gasteiger partial charge is 0.489 e. The van der Waals surface area contributed by atoms with Crippen LogP contribution in [0.5, 0.6) is 5.75 Å². The molecule has 0 bridgehead atoms. The number of hydrogen-bond donors (Lipinski definition) is 1. The van der Waals surface area contributed by atoms with Crippen LogP contribution in [0.4, 0.5) is 0 Å². The molecule has 0 saturated heterocycles. The van der Waals surface area contributed by atoms with Crippen LogP contribution in [0.15, 0.2) is 36.4 Å². The standard InChI is InChI=1S/C15H13Cl3O2/c1-9(19)12-7-11(16)3-5-15(12)20-8-10-2-4-13(17)14(18)6-10/h2-7,9,19H,8H2,1H3/t9-/m0/s1. The number of hydrogen-bond acceptors (Lipinski definition) is 2. The molecule has 0 spiro atoms. The van der Waals surface area contributed by atoms with Gasteiger partial charge in [0.25, 0.3) is 0 Å². The number of aliphatic hydroxyl groups is 1. The van der Waals surface area contributed by atoms with Crippen molar-refractivity contribution in [1.29, 1.82) is 0 Å². The van der Waals surface area contributed by atoms with Gasteiger partial charge in [-0.15, -0.1) is 0 Å². The quantitative estimate of drug-likeness (QED) is 0.826. The maximum atomic E-state index is 9.73. The van der Waals surface area contributed by atoms with Crippen molar-refractivity contribution in [2.75, 3.05) is 0 Å². The molecule has 0 aromatic heterocycles. The van der Waals surface area contributed by atoms with Crippen molar-refractivity contribution in [2.45, 2.75) is 19.6 Å². The summed E-state index contributed by atoms with van der Waals surface area (Å²) in [6.45, 7) is 2.00. The summed E-state index contributed by atoms with van der Waals surface area (Å²) >= 11 is 17.7. The molecule has 1 atom stereocenters. The zero-order chi connectivity index (χ0) is 14.7. The van der Waals surface area contributed by atoms with E-state index in [-0.39, 0.29) is 0 Å². The molecule has 2 rings (SSSR count). The van der Waals surface area contributed by atoms with Crippen LogP contribution < -0.4 is 4.74 Å². The normalized spacial score (nSPS) is 12.2. The molecule has 0 radical (unpaired) electrons. The highest BCUT2D eigenvalue weighted by Gasteiger charge is 2.10. The Bertz CT molecular complexity index is 612. The van der Waals surface area contributed by atoms with Gasteiger partial charge in [-0.05, 0) is 42.8 Å². The van der Waals surface area contributed by atoms with Gasteiger partial charge >= 0.3 is 0 Å². The predicted molar refractivity (Wildman–Crippen MR) is 82.9 cm³/mol. The summed E-state index contributed by atoms with van der Waals surface area (Å²) in [6.07, 6.45) is -0.655. The molecule has 2 nitrogen and oxygen atoms in total. The van der Waals surface area contributed by atoms with Crippen LogP contribution >= 0.6 is 34.8 Å². The summed E-state index contributed by atoms with van der Waals surface area (Å²) in [5, 5.41) is 11.3. The first-order valence-corrected chi connectivity index (χ1v) is 7.15. The molecule has 106 valence electrons. The van der Waals surface area contributed by atoms with Crippen molar-refractivity contribution < 1.29 is 9.84 Å². The number of halogens is 3. The van der Waals surface area contributed by atoms with Crippen LogP contribution in [-0.4, -0.2) is 5.11 Å². The lowest BCUT2D eigenvalue weighted by molar-refractivity contribution is 0.190. The number of ether oxygens (including phenoxy) is 1. The van der Waals surface area contributed by atoms with Crippen LogP contribution in [0.1, 0.15) is 24.2 Å². The van der Waals surface area contributed by atoms with Crippen LogP contribution in [0.2, 0.25) is 15.1 Å². The van der Waals surface area contributed by atoms with Gasteiger partial charge in [0, 0.05) is 10.6 Å². The van der Waals surface area contributed by atoms with Gasteiger partial charge in [0.2, 0.25) is 0 Å². The Morgan fingerprint density at radius 2 is 1.80 bits per heavy atom. The van der Waals surface area contributed by atoms with Crippen molar-refractivity contribution in [3.63, 3.8) is 0 Å². The monoisotopic (exact) mass is 330 g/mol. The second-order valence-corrected chi connectivity index (χ2v) is 5.65. The molecule has 2 aromatic rings. The Hall–Kier alpha value is -0.930. The van der Waals surface area contributed by atoms with Crippen molar-refractivity contribution in [3.8, 4) is 5.75 Å². The number of aliphatic hydroxyl groups excluding tert-OH is 1. The summed E-state index contributed by atoms with van der Waals surface area (Å²) in [5.41, 5.74) is 1.54. The maximum absolute atomic E-state index is 9.73. The lowest BCUT2D eigenvalue weighted by atomic mass is 10.1. The van der Waals surface area contributed by atoms with Crippen molar-refractivity contribution in [1.82, 2.24) is 0 Å². The molecule has 1 N–H and O–H groups in total. The molecule has 2 aromatic carbocycles. The first-order chi connectivity index (χ1) is 9.47. The van der Waals surface area contributed by atoms with Gasteiger partial charge in [0.15, 0.2) is 0 Å². The molecular weight excluding hydrogens is 319 g/mol. The highest BCUT2D eigenvalue weighted by molar-refractivity contribution is 6.42. The Kier molecular flexibility index (Phi) is 5.17. The third kappa shape index (κ3) is 3.80. The molecule has 0 heterocycles. The summed E-state index contributed by atoms with van der Waals surface area (Å²) in [4.78, 5) is 0. The molecular formula is C15H13Cl3O2. The molecule has 0 unspecified atom stereocenters. The zero-order valence-electron chi connectivity index (χ0n) is 10.7. The Balaban J connectivity index is 2.16. The van der Waals surface area contributed by atoms with E-state index >= 15 is 0 Å². The molecule has 0 amide bonds. The Morgan fingerprint density at radius 1 is 1.05 bits per heavy atom. The van der Waals surface area contributed by atoms with Gasteiger partial charge in [-0.2, -0.15) is 0 Å². The first-order valence-electron chi connectivity index (χ1n) is 6.01. The smallest absolute Gasteiger partial charge is 0.125 e. The lowest BCUT2D eigenvalue weighted by Crippen LogP contribution is -2.01. The summed E-state index contributed by atoms with van der Waals surface area (Å²) in [6, 6.07) is 10.5.